The smallest absolute Gasteiger partial charge is 0.0522 e. The molecule has 0 bridgehead atoms. The molecule has 2 aromatic rings. The van der Waals surface area contributed by atoms with E-state index in [1.807, 2.05) is 22.2 Å². The van der Waals surface area contributed by atoms with Crippen molar-refractivity contribution in [1.29, 1.82) is 0 Å². The van der Waals surface area contributed by atoms with Crippen molar-refractivity contribution in [3.8, 4) is 0 Å². The van der Waals surface area contributed by atoms with Crippen molar-refractivity contribution in [2.24, 2.45) is 0 Å². The zero-order valence-electron chi connectivity index (χ0n) is 12.9. The fourth-order valence-electron chi connectivity index (χ4n) is 2.29. The van der Waals surface area contributed by atoms with Gasteiger partial charge in [0.1, 0.15) is 0 Å². The lowest BCUT2D eigenvalue weighted by molar-refractivity contribution is 0.536. The van der Waals surface area contributed by atoms with E-state index in [1.165, 1.54) is 20.9 Å². The Balaban J connectivity index is 2.14. The van der Waals surface area contributed by atoms with Gasteiger partial charge in [-0.3, -0.25) is 4.68 Å². The molecule has 3 nitrogen and oxygen atoms in total. The number of thiophene rings is 1. The van der Waals surface area contributed by atoms with Crippen LogP contribution in [0.1, 0.15) is 47.2 Å². The lowest BCUT2D eigenvalue weighted by atomic mass is 10.1. The fraction of sp³-hybridized carbons (Fsp3) is 0.562. The SMILES string of the molecule is CCCNC(Cc1cnn(CC)c1)c1cc(C)c(C)s1. The van der Waals surface area contributed by atoms with Gasteiger partial charge in [0.15, 0.2) is 0 Å². The molecule has 0 radical (unpaired) electrons. The Morgan fingerprint density at radius 1 is 1.35 bits per heavy atom. The minimum atomic E-state index is 0.404. The summed E-state index contributed by atoms with van der Waals surface area (Å²) in [7, 11) is 0. The fourth-order valence-corrected chi connectivity index (χ4v) is 3.40. The minimum absolute atomic E-state index is 0.404. The first-order valence-corrected chi connectivity index (χ1v) is 8.27. The van der Waals surface area contributed by atoms with Gasteiger partial charge in [-0.2, -0.15) is 5.10 Å². The van der Waals surface area contributed by atoms with Crippen molar-refractivity contribution in [2.75, 3.05) is 6.54 Å². The number of aryl methyl sites for hydroxylation is 3. The summed E-state index contributed by atoms with van der Waals surface area (Å²) in [4.78, 5) is 2.87. The summed E-state index contributed by atoms with van der Waals surface area (Å²) in [6, 6.07) is 2.74. The summed E-state index contributed by atoms with van der Waals surface area (Å²) >= 11 is 1.91. The van der Waals surface area contributed by atoms with Crippen LogP contribution in [0.25, 0.3) is 0 Å². The van der Waals surface area contributed by atoms with E-state index in [0.717, 1.165) is 25.9 Å². The van der Waals surface area contributed by atoms with Crippen LogP contribution in [0.5, 0.6) is 0 Å². The molecule has 0 saturated heterocycles. The van der Waals surface area contributed by atoms with Gasteiger partial charge in [0.2, 0.25) is 0 Å². The number of rotatable bonds is 7. The molecular formula is C16H25N3S. The van der Waals surface area contributed by atoms with E-state index in [4.69, 9.17) is 0 Å². The van der Waals surface area contributed by atoms with Crippen molar-refractivity contribution in [3.63, 3.8) is 0 Å². The standard InChI is InChI=1S/C16H25N3S/c1-5-7-17-15(16-8-12(3)13(4)20-16)9-14-10-18-19(6-2)11-14/h8,10-11,15,17H,5-7,9H2,1-4H3. The first-order chi connectivity index (χ1) is 9.63. The van der Waals surface area contributed by atoms with Crippen molar-refractivity contribution < 1.29 is 0 Å². The molecule has 0 saturated carbocycles. The van der Waals surface area contributed by atoms with Gasteiger partial charge in [-0.05, 0) is 57.4 Å². The molecule has 0 aliphatic heterocycles. The Hall–Kier alpha value is -1.13. The molecule has 0 aliphatic carbocycles. The van der Waals surface area contributed by atoms with E-state index < -0.39 is 0 Å². The normalized spacial score (nSPS) is 12.8. The van der Waals surface area contributed by atoms with Crippen LogP contribution >= 0.6 is 11.3 Å². The Bertz CT molecular complexity index is 522. The first kappa shape index (κ1) is 15.3. The van der Waals surface area contributed by atoms with Crippen LogP contribution in [-0.4, -0.2) is 16.3 Å². The average Bonchev–Trinajstić information content (AvgIpc) is 3.02. The van der Waals surface area contributed by atoms with Crippen LogP contribution in [0.2, 0.25) is 0 Å². The Morgan fingerprint density at radius 2 is 2.15 bits per heavy atom. The molecule has 1 N–H and O–H groups in total. The second-order valence-electron chi connectivity index (χ2n) is 5.30. The molecule has 1 unspecified atom stereocenters. The van der Waals surface area contributed by atoms with Crippen molar-refractivity contribution >= 4 is 11.3 Å². The predicted octanol–water partition coefficient (Wildman–Crippen LogP) is 3.86. The van der Waals surface area contributed by atoms with E-state index in [2.05, 4.69) is 50.4 Å². The quantitative estimate of drug-likeness (QED) is 0.839. The Morgan fingerprint density at radius 3 is 2.70 bits per heavy atom. The molecule has 0 spiro atoms. The summed E-state index contributed by atoms with van der Waals surface area (Å²) < 4.78 is 2.00. The molecule has 2 heterocycles. The average molecular weight is 291 g/mol. The molecule has 110 valence electrons. The molecule has 0 fully saturated rings. The summed E-state index contributed by atoms with van der Waals surface area (Å²) in [6.07, 6.45) is 6.33. The molecule has 0 amide bonds. The number of nitrogens with zero attached hydrogens (tertiary/aromatic N) is 2. The third kappa shape index (κ3) is 3.70. The van der Waals surface area contributed by atoms with Crippen molar-refractivity contribution in [1.82, 2.24) is 15.1 Å². The summed E-state index contributed by atoms with van der Waals surface area (Å²) in [5.74, 6) is 0. The highest BCUT2D eigenvalue weighted by Gasteiger charge is 2.15. The largest absolute Gasteiger partial charge is 0.309 e. The van der Waals surface area contributed by atoms with Gasteiger partial charge in [0.25, 0.3) is 0 Å². The number of nitrogens with one attached hydrogen (secondary N) is 1. The van der Waals surface area contributed by atoms with Gasteiger partial charge in [-0.15, -0.1) is 11.3 Å². The van der Waals surface area contributed by atoms with Crippen LogP contribution in [0.3, 0.4) is 0 Å². The van der Waals surface area contributed by atoms with E-state index in [9.17, 15) is 0 Å². The van der Waals surface area contributed by atoms with Gasteiger partial charge in [0.05, 0.1) is 6.20 Å². The molecule has 0 aliphatic rings. The maximum absolute atomic E-state index is 4.38. The molecule has 4 heteroatoms. The van der Waals surface area contributed by atoms with E-state index >= 15 is 0 Å². The third-order valence-electron chi connectivity index (χ3n) is 3.62. The monoisotopic (exact) mass is 291 g/mol. The highest BCUT2D eigenvalue weighted by atomic mass is 32.1. The maximum Gasteiger partial charge on any atom is 0.0522 e. The zero-order valence-corrected chi connectivity index (χ0v) is 13.8. The summed E-state index contributed by atoms with van der Waals surface area (Å²) in [5.41, 5.74) is 2.71. The van der Waals surface area contributed by atoms with E-state index in [-0.39, 0.29) is 0 Å². The van der Waals surface area contributed by atoms with Crippen LogP contribution in [0.4, 0.5) is 0 Å². The molecular weight excluding hydrogens is 266 g/mol. The lowest BCUT2D eigenvalue weighted by Gasteiger charge is -2.16. The minimum Gasteiger partial charge on any atom is -0.309 e. The molecule has 2 aromatic heterocycles. The topological polar surface area (TPSA) is 29.9 Å². The van der Waals surface area contributed by atoms with Gasteiger partial charge in [0, 0.05) is 28.5 Å². The summed E-state index contributed by atoms with van der Waals surface area (Å²) in [5, 5.41) is 8.05. The Kier molecular flexibility index (Phi) is 5.38. The third-order valence-corrected chi connectivity index (χ3v) is 4.89. The Labute approximate surface area is 126 Å². The van der Waals surface area contributed by atoms with Crippen LogP contribution in [0.15, 0.2) is 18.5 Å². The van der Waals surface area contributed by atoms with Gasteiger partial charge in [-0.1, -0.05) is 6.92 Å². The van der Waals surface area contributed by atoms with Gasteiger partial charge < -0.3 is 5.32 Å². The highest BCUT2D eigenvalue weighted by molar-refractivity contribution is 7.12. The predicted molar refractivity (Wildman–Crippen MR) is 86.4 cm³/mol. The second-order valence-corrected chi connectivity index (χ2v) is 6.59. The number of hydrogen-bond acceptors (Lipinski definition) is 3. The summed E-state index contributed by atoms with van der Waals surface area (Å²) in [6.45, 7) is 10.7. The molecule has 20 heavy (non-hydrogen) atoms. The number of hydrogen-bond donors (Lipinski definition) is 1. The van der Waals surface area contributed by atoms with Crippen molar-refractivity contribution in [3.05, 3.63) is 39.3 Å². The maximum atomic E-state index is 4.38. The van der Waals surface area contributed by atoms with Crippen LogP contribution in [-0.2, 0) is 13.0 Å². The van der Waals surface area contributed by atoms with Gasteiger partial charge in [-0.25, -0.2) is 0 Å². The first-order valence-electron chi connectivity index (χ1n) is 7.45. The number of aromatic nitrogens is 2. The lowest BCUT2D eigenvalue weighted by Crippen LogP contribution is -2.23. The van der Waals surface area contributed by atoms with E-state index in [1.54, 1.807) is 0 Å². The van der Waals surface area contributed by atoms with Crippen LogP contribution < -0.4 is 5.32 Å². The molecule has 0 aromatic carbocycles. The second kappa shape index (κ2) is 7.04. The molecule has 2 rings (SSSR count). The molecule has 1 atom stereocenters. The zero-order chi connectivity index (χ0) is 14.5. The van der Waals surface area contributed by atoms with Crippen LogP contribution in [0, 0.1) is 13.8 Å². The van der Waals surface area contributed by atoms with E-state index in [0.29, 0.717) is 6.04 Å². The van der Waals surface area contributed by atoms with Crippen molar-refractivity contribution in [2.45, 2.75) is 53.1 Å². The van der Waals surface area contributed by atoms with Gasteiger partial charge >= 0.3 is 0 Å². The highest BCUT2D eigenvalue weighted by Crippen LogP contribution is 2.28.